The van der Waals surface area contributed by atoms with Gasteiger partial charge in [-0.1, -0.05) is 24.8 Å². The quantitative estimate of drug-likeness (QED) is 0.297. The maximum atomic E-state index is 5.88. The molecule has 0 atom stereocenters. The first-order valence-electron chi connectivity index (χ1n) is 9.19. The lowest BCUT2D eigenvalue weighted by molar-refractivity contribution is 0.529. The molecule has 9 heteroatoms. The van der Waals surface area contributed by atoms with Gasteiger partial charge in [0.2, 0.25) is 5.89 Å². The second kappa shape index (κ2) is 8.71. The van der Waals surface area contributed by atoms with Crippen LogP contribution in [0.5, 0.6) is 0 Å². The lowest BCUT2D eigenvalue weighted by Gasteiger charge is -2.06. The second-order valence-corrected chi connectivity index (χ2v) is 8.38. The van der Waals surface area contributed by atoms with Crippen molar-refractivity contribution in [3.63, 3.8) is 0 Å². The molecule has 0 aliphatic carbocycles. The van der Waals surface area contributed by atoms with Crippen LogP contribution in [0.15, 0.2) is 52.8 Å². The number of allylic oxidation sites excluding steroid dienone is 1. The smallest absolute Gasteiger partial charge is 0.257 e. The topological polar surface area (TPSA) is 82.5 Å². The molecule has 0 saturated carbocycles. The third-order valence-electron chi connectivity index (χ3n) is 4.31. The molecular formula is C20H20N6OS2. The van der Waals surface area contributed by atoms with Crippen LogP contribution in [0.2, 0.25) is 0 Å². The van der Waals surface area contributed by atoms with Crippen LogP contribution in [-0.2, 0) is 18.7 Å². The number of hydrogen-bond acceptors (Lipinski definition) is 8. The van der Waals surface area contributed by atoms with E-state index in [2.05, 4.69) is 51.9 Å². The summed E-state index contributed by atoms with van der Waals surface area (Å²) in [7, 11) is 0. The van der Waals surface area contributed by atoms with Crippen molar-refractivity contribution in [1.29, 1.82) is 0 Å². The van der Waals surface area contributed by atoms with Crippen molar-refractivity contribution in [2.24, 2.45) is 0 Å². The van der Waals surface area contributed by atoms with E-state index < -0.39 is 0 Å². The van der Waals surface area contributed by atoms with Crippen LogP contribution in [0.1, 0.15) is 23.3 Å². The molecule has 29 heavy (non-hydrogen) atoms. The molecule has 0 N–H and O–H groups in total. The van der Waals surface area contributed by atoms with Gasteiger partial charge in [-0.3, -0.25) is 9.55 Å². The van der Waals surface area contributed by atoms with E-state index in [9.17, 15) is 0 Å². The summed E-state index contributed by atoms with van der Waals surface area (Å²) in [6, 6.07) is 5.93. The summed E-state index contributed by atoms with van der Waals surface area (Å²) in [4.78, 5) is 6.41. The summed E-state index contributed by atoms with van der Waals surface area (Å²) < 4.78 is 7.89. The van der Waals surface area contributed by atoms with Gasteiger partial charge in [-0.05, 0) is 37.1 Å². The fourth-order valence-corrected chi connectivity index (χ4v) is 4.74. The Bertz CT molecular complexity index is 1120. The van der Waals surface area contributed by atoms with Crippen molar-refractivity contribution >= 4 is 23.1 Å². The minimum absolute atomic E-state index is 0.517. The number of pyridine rings is 1. The zero-order valence-corrected chi connectivity index (χ0v) is 17.8. The van der Waals surface area contributed by atoms with Gasteiger partial charge in [0.15, 0.2) is 11.0 Å². The number of hydrogen-bond donors (Lipinski definition) is 0. The molecule has 0 bridgehead atoms. The molecule has 4 heterocycles. The fourth-order valence-electron chi connectivity index (χ4n) is 2.92. The molecule has 0 spiro atoms. The Morgan fingerprint density at radius 1 is 1.21 bits per heavy atom. The highest BCUT2D eigenvalue weighted by Gasteiger charge is 2.17. The van der Waals surface area contributed by atoms with Crippen molar-refractivity contribution in [2.75, 3.05) is 0 Å². The molecule has 0 aliphatic heterocycles. The Kier molecular flexibility index (Phi) is 5.86. The monoisotopic (exact) mass is 424 g/mol. The average Bonchev–Trinajstić information content (AvgIpc) is 3.46. The van der Waals surface area contributed by atoms with E-state index in [0.29, 0.717) is 24.1 Å². The summed E-state index contributed by atoms with van der Waals surface area (Å²) in [6.07, 6.45) is 6.32. The van der Waals surface area contributed by atoms with Gasteiger partial charge in [0.05, 0.1) is 10.6 Å². The molecule has 148 valence electrons. The van der Waals surface area contributed by atoms with Gasteiger partial charge in [0.1, 0.15) is 0 Å². The fraction of sp³-hybridized carbons (Fsp3) is 0.250. The van der Waals surface area contributed by atoms with Gasteiger partial charge in [-0.25, -0.2) is 0 Å². The molecule has 4 aromatic rings. The molecular weight excluding hydrogens is 404 g/mol. The van der Waals surface area contributed by atoms with E-state index >= 15 is 0 Å². The van der Waals surface area contributed by atoms with Crippen LogP contribution in [0, 0.1) is 6.92 Å². The Morgan fingerprint density at radius 3 is 2.76 bits per heavy atom. The van der Waals surface area contributed by atoms with E-state index in [4.69, 9.17) is 4.42 Å². The third-order valence-corrected chi connectivity index (χ3v) is 6.63. The van der Waals surface area contributed by atoms with Crippen molar-refractivity contribution in [2.45, 2.75) is 37.7 Å². The third kappa shape index (κ3) is 4.15. The molecule has 7 nitrogen and oxygen atoms in total. The second-order valence-electron chi connectivity index (χ2n) is 6.30. The van der Waals surface area contributed by atoms with Crippen molar-refractivity contribution in [3.05, 3.63) is 59.6 Å². The molecule has 0 saturated heterocycles. The van der Waals surface area contributed by atoms with E-state index in [1.807, 2.05) is 22.8 Å². The molecule has 4 rings (SSSR count). The SMILES string of the molecule is C=CCn1c(SCc2nnc(-c3cc(C)c(CC)s3)o2)nnc1-c1ccncc1. The van der Waals surface area contributed by atoms with E-state index in [-0.39, 0.29) is 0 Å². The number of nitrogens with zero attached hydrogens (tertiary/aromatic N) is 6. The first-order chi connectivity index (χ1) is 14.2. The van der Waals surface area contributed by atoms with Gasteiger partial charge < -0.3 is 4.42 Å². The molecule has 4 aromatic heterocycles. The first kappa shape index (κ1) is 19.5. The molecule has 0 aromatic carbocycles. The van der Waals surface area contributed by atoms with Gasteiger partial charge >= 0.3 is 0 Å². The molecule has 0 radical (unpaired) electrons. The number of aryl methyl sites for hydroxylation is 2. The standard InChI is InChI=1S/C20H20N6OS2/c1-4-10-26-18(14-6-8-21-9-7-14)23-25-20(26)28-12-17-22-24-19(27-17)16-11-13(3)15(5-2)29-16/h4,6-9,11H,1,5,10,12H2,2-3H3. The lowest BCUT2D eigenvalue weighted by Crippen LogP contribution is -2.00. The van der Waals surface area contributed by atoms with E-state index in [1.165, 1.54) is 22.2 Å². The Morgan fingerprint density at radius 2 is 2.03 bits per heavy atom. The van der Waals surface area contributed by atoms with Gasteiger partial charge in [0, 0.05) is 29.4 Å². The van der Waals surface area contributed by atoms with Crippen LogP contribution < -0.4 is 0 Å². The normalized spacial score (nSPS) is 11.1. The summed E-state index contributed by atoms with van der Waals surface area (Å²) >= 11 is 3.21. The number of aromatic nitrogens is 6. The average molecular weight is 425 g/mol. The Hall–Kier alpha value is -2.78. The van der Waals surface area contributed by atoms with Crippen molar-refractivity contribution in [3.8, 4) is 22.2 Å². The highest BCUT2D eigenvalue weighted by molar-refractivity contribution is 7.98. The Balaban J connectivity index is 1.51. The van der Waals surface area contributed by atoms with Gasteiger partial charge in [-0.2, -0.15) is 0 Å². The maximum Gasteiger partial charge on any atom is 0.257 e. The van der Waals surface area contributed by atoms with Crippen molar-refractivity contribution in [1.82, 2.24) is 29.9 Å². The molecule has 0 aliphatic rings. The highest BCUT2D eigenvalue weighted by atomic mass is 32.2. The summed E-state index contributed by atoms with van der Waals surface area (Å²) in [5.41, 5.74) is 2.23. The highest BCUT2D eigenvalue weighted by Crippen LogP contribution is 2.32. The minimum Gasteiger partial charge on any atom is -0.419 e. The molecule has 0 fully saturated rings. The number of thiophene rings is 1. The largest absolute Gasteiger partial charge is 0.419 e. The summed E-state index contributed by atoms with van der Waals surface area (Å²) in [6.45, 7) is 8.71. The Labute approximate surface area is 176 Å². The molecule has 0 amide bonds. The summed E-state index contributed by atoms with van der Waals surface area (Å²) in [5, 5.41) is 17.9. The lowest BCUT2D eigenvalue weighted by atomic mass is 10.2. The number of thioether (sulfide) groups is 1. The predicted octanol–water partition coefficient (Wildman–Crippen LogP) is 4.80. The van der Waals surface area contributed by atoms with Crippen LogP contribution in [0.4, 0.5) is 0 Å². The number of rotatable bonds is 8. The zero-order valence-electron chi connectivity index (χ0n) is 16.2. The first-order valence-corrected chi connectivity index (χ1v) is 11.0. The maximum absolute atomic E-state index is 5.88. The van der Waals surface area contributed by atoms with Crippen molar-refractivity contribution < 1.29 is 4.42 Å². The van der Waals surface area contributed by atoms with Crippen LogP contribution in [0.25, 0.3) is 22.2 Å². The summed E-state index contributed by atoms with van der Waals surface area (Å²) in [5.74, 6) is 2.43. The van der Waals surface area contributed by atoms with Gasteiger partial charge in [0.25, 0.3) is 5.89 Å². The van der Waals surface area contributed by atoms with Crippen LogP contribution in [0.3, 0.4) is 0 Å². The van der Waals surface area contributed by atoms with Crippen LogP contribution >= 0.6 is 23.1 Å². The van der Waals surface area contributed by atoms with Gasteiger partial charge in [-0.15, -0.1) is 38.3 Å². The predicted molar refractivity (Wildman–Crippen MR) is 115 cm³/mol. The zero-order chi connectivity index (χ0) is 20.2. The minimum atomic E-state index is 0.517. The molecule has 0 unspecified atom stereocenters. The van der Waals surface area contributed by atoms with E-state index in [1.54, 1.807) is 23.7 Å². The van der Waals surface area contributed by atoms with Crippen LogP contribution in [-0.4, -0.2) is 29.9 Å². The van der Waals surface area contributed by atoms with E-state index in [0.717, 1.165) is 27.8 Å².